The lowest BCUT2D eigenvalue weighted by atomic mass is 10.1. The molecule has 1 saturated heterocycles. The van der Waals surface area contributed by atoms with Crippen molar-refractivity contribution in [3.63, 3.8) is 0 Å². The van der Waals surface area contributed by atoms with Gasteiger partial charge in [-0.1, -0.05) is 30.3 Å². The molecule has 1 atom stereocenters. The number of ether oxygens (including phenoxy) is 1. The highest BCUT2D eigenvalue weighted by molar-refractivity contribution is 5.84. The van der Waals surface area contributed by atoms with Gasteiger partial charge in [0.05, 0.1) is 26.7 Å². The van der Waals surface area contributed by atoms with E-state index in [2.05, 4.69) is 35.3 Å². The van der Waals surface area contributed by atoms with E-state index in [9.17, 15) is 5.11 Å². The number of methoxy groups -OCH3 is 1. The van der Waals surface area contributed by atoms with E-state index in [1.54, 1.807) is 36.4 Å². The lowest BCUT2D eigenvalue weighted by molar-refractivity contribution is -0.918. The first-order valence-corrected chi connectivity index (χ1v) is 8.54. The van der Waals surface area contributed by atoms with E-state index in [0.29, 0.717) is 11.6 Å². The van der Waals surface area contributed by atoms with Crippen molar-refractivity contribution in [1.82, 2.24) is 0 Å². The maximum atomic E-state index is 9.97. The van der Waals surface area contributed by atoms with E-state index >= 15 is 0 Å². The molecular formula is C20H25N2O2+. The van der Waals surface area contributed by atoms with Crippen LogP contribution in [0.25, 0.3) is 0 Å². The Kier molecular flexibility index (Phi) is 5.49. The smallest absolute Gasteiger partial charge is 0.133 e. The standard InChI is InChI=1S/C20H24N2O2/c1-24-18-9-10-20(23)17(13-18)14-21-15-19(22-11-5-6-12-22)16-7-3-2-4-8-16/h2-4,7-10,13-14,19,23H,5-6,11-12,15H2,1H3/p+1/t19-/m0/s1. The SMILES string of the molecule is COc1ccc(O)c(C=NC[C@@H](c2ccccc2)[NH+]2CCCC2)c1. The molecule has 4 heteroatoms. The van der Waals surface area contributed by atoms with Crippen LogP contribution in [0.1, 0.15) is 30.0 Å². The molecule has 1 heterocycles. The number of rotatable bonds is 6. The lowest BCUT2D eigenvalue weighted by Gasteiger charge is -2.23. The molecule has 1 fully saturated rings. The van der Waals surface area contributed by atoms with Crippen LogP contribution in [0.4, 0.5) is 0 Å². The van der Waals surface area contributed by atoms with Crippen LogP contribution in [0.5, 0.6) is 11.5 Å². The summed E-state index contributed by atoms with van der Waals surface area (Å²) in [6, 6.07) is 16.2. The first-order valence-electron chi connectivity index (χ1n) is 8.54. The molecule has 0 aliphatic carbocycles. The molecule has 2 aromatic carbocycles. The summed E-state index contributed by atoms with van der Waals surface area (Å²) in [6.07, 6.45) is 4.33. The van der Waals surface area contributed by atoms with Crippen molar-refractivity contribution in [1.29, 1.82) is 0 Å². The summed E-state index contributed by atoms with van der Waals surface area (Å²) in [4.78, 5) is 6.24. The molecule has 126 valence electrons. The number of quaternary nitrogens is 1. The number of phenolic OH excluding ortho intramolecular Hbond substituents is 1. The highest BCUT2D eigenvalue weighted by Crippen LogP contribution is 2.21. The fourth-order valence-electron chi connectivity index (χ4n) is 3.35. The average molecular weight is 325 g/mol. The number of nitrogens with one attached hydrogen (secondary N) is 1. The number of nitrogens with zero attached hydrogens (tertiary/aromatic N) is 1. The van der Waals surface area contributed by atoms with Gasteiger partial charge in [-0.3, -0.25) is 4.99 Å². The van der Waals surface area contributed by atoms with E-state index in [0.717, 1.165) is 12.3 Å². The molecule has 0 aromatic heterocycles. The molecule has 0 spiro atoms. The van der Waals surface area contributed by atoms with Gasteiger partial charge in [-0.25, -0.2) is 0 Å². The maximum absolute atomic E-state index is 9.97. The minimum atomic E-state index is 0.226. The van der Waals surface area contributed by atoms with Gasteiger partial charge >= 0.3 is 0 Å². The van der Waals surface area contributed by atoms with E-state index in [1.165, 1.54) is 31.5 Å². The first-order chi connectivity index (χ1) is 11.8. The molecule has 0 bridgehead atoms. The Labute approximate surface area is 143 Å². The molecule has 0 unspecified atom stereocenters. The number of phenols is 1. The van der Waals surface area contributed by atoms with E-state index in [4.69, 9.17) is 4.74 Å². The summed E-state index contributed by atoms with van der Waals surface area (Å²) < 4.78 is 5.21. The highest BCUT2D eigenvalue weighted by atomic mass is 16.5. The summed E-state index contributed by atoms with van der Waals surface area (Å²) >= 11 is 0. The van der Waals surface area contributed by atoms with Gasteiger partial charge in [-0.15, -0.1) is 0 Å². The molecule has 24 heavy (non-hydrogen) atoms. The Balaban J connectivity index is 1.76. The van der Waals surface area contributed by atoms with Gasteiger partial charge in [-0.05, 0) is 18.2 Å². The number of aliphatic imine (C=N–C) groups is 1. The Bertz CT molecular complexity index is 679. The van der Waals surface area contributed by atoms with Crippen LogP contribution in [-0.4, -0.2) is 38.1 Å². The second kappa shape index (κ2) is 7.97. The second-order valence-corrected chi connectivity index (χ2v) is 6.25. The largest absolute Gasteiger partial charge is 0.507 e. The monoisotopic (exact) mass is 325 g/mol. The third kappa shape index (κ3) is 3.95. The first kappa shape index (κ1) is 16.5. The van der Waals surface area contributed by atoms with Crippen LogP contribution in [0.3, 0.4) is 0 Å². The fraction of sp³-hybridized carbons (Fsp3) is 0.350. The number of aromatic hydroxyl groups is 1. The summed E-state index contributed by atoms with van der Waals surface area (Å²) in [5.74, 6) is 0.948. The maximum Gasteiger partial charge on any atom is 0.133 e. The molecular weight excluding hydrogens is 300 g/mol. The fourth-order valence-corrected chi connectivity index (χ4v) is 3.35. The zero-order chi connectivity index (χ0) is 16.8. The zero-order valence-electron chi connectivity index (χ0n) is 14.1. The number of hydrogen-bond donors (Lipinski definition) is 2. The van der Waals surface area contributed by atoms with Crippen LogP contribution in [0.15, 0.2) is 53.5 Å². The predicted octanol–water partition coefficient (Wildman–Crippen LogP) is 2.24. The van der Waals surface area contributed by atoms with Gasteiger partial charge in [0.1, 0.15) is 17.5 Å². The van der Waals surface area contributed by atoms with Gasteiger partial charge in [0.15, 0.2) is 0 Å². The minimum Gasteiger partial charge on any atom is -0.507 e. The van der Waals surface area contributed by atoms with Gasteiger partial charge in [0.2, 0.25) is 0 Å². The highest BCUT2D eigenvalue weighted by Gasteiger charge is 2.26. The van der Waals surface area contributed by atoms with Gasteiger partial charge in [-0.2, -0.15) is 0 Å². The predicted molar refractivity (Wildman–Crippen MR) is 96.2 cm³/mol. The molecule has 3 rings (SSSR count). The van der Waals surface area contributed by atoms with Crippen LogP contribution in [-0.2, 0) is 0 Å². The Hall–Kier alpha value is -2.33. The molecule has 1 aliphatic rings. The van der Waals surface area contributed by atoms with E-state index in [1.807, 2.05) is 0 Å². The number of hydrogen-bond acceptors (Lipinski definition) is 3. The normalized spacial score (nSPS) is 16.5. The third-order valence-corrected chi connectivity index (χ3v) is 4.69. The Morgan fingerprint density at radius 3 is 2.62 bits per heavy atom. The van der Waals surface area contributed by atoms with Crippen LogP contribution in [0.2, 0.25) is 0 Å². The quantitative estimate of drug-likeness (QED) is 0.800. The summed E-state index contributed by atoms with van der Waals surface area (Å²) in [7, 11) is 1.62. The summed E-state index contributed by atoms with van der Waals surface area (Å²) in [5.41, 5.74) is 2.03. The third-order valence-electron chi connectivity index (χ3n) is 4.69. The molecule has 2 N–H and O–H groups in total. The molecule has 1 aliphatic heterocycles. The van der Waals surface area contributed by atoms with Crippen molar-refractivity contribution in [2.75, 3.05) is 26.7 Å². The Morgan fingerprint density at radius 2 is 1.92 bits per heavy atom. The lowest BCUT2D eigenvalue weighted by Crippen LogP contribution is -3.10. The second-order valence-electron chi connectivity index (χ2n) is 6.25. The van der Waals surface area contributed by atoms with Crippen molar-refractivity contribution in [3.05, 3.63) is 59.7 Å². The van der Waals surface area contributed by atoms with Gasteiger partial charge in [0, 0.05) is 30.2 Å². The molecule has 0 saturated carbocycles. The minimum absolute atomic E-state index is 0.226. The average Bonchev–Trinajstić information content (AvgIpc) is 3.15. The van der Waals surface area contributed by atoms with E-state index in [-0.39, 0.29) is 5.75 Å². The number of benzene rings is 2. The van der Waals surface area contributed by atoms with Crippen molar-refractivity contribution in [3.8, 4) is 11.5 Å². The molecule has 2 aromatic rings. The number of likely N-dealkylation sites (tertiary alicyclic amines) is 1. The summed E-state index contributed by atoms with van der Waals surface area (Å²) in [5, 5.41) is 9.97. The van der Waals surface area contributed by atoms with Crippen molar-refractivity contribution >= 4 is 6.21 Å². The van der Waals surface area contributed by atoms with Gasteiger partial charge in [0.25, 0.3) is 0 Å². The van der Waals surface area contributed by atoms with Crippen LogP contribution < -0.4 is 9.64 Å². The molecule has 0 amide bonds. The van der Waals surface area contributed by atoms with E-state index < -0.39 is 0 Å². The van der Waals surface area contributed by atoms with Crippen molar-refractivity contribution < 1.29 is 14.7 Å². The van der Waals surface area contributed by atoms with Crippen LogP contribution >= 0.6 is 0 Å². The molecule has 4 nitrogen and oxygen atoms in total. The van der Waals surface area contributed by atoms with Crippen molar-refractivity contribution in [2.45, 2.75) is 18.9 Å². The molecule has 0 radical (unpaired) electrons. The Morgan fingerprint density at radius 1 is 1.17 bits per heavy atom. The van der Waals surface area contributed by atoms with Crippen molar-refractivity contribution in [2.24, 2.45) is 4.99 Å². The topological polar surface area (TPSA) is 46.3 Å². The van der Waals surface area contributed by atoms with Crippen LogP contribution in [0, 0.1) is 0 Å². The van der Waals surface area contributed by atoms with Gasteiger partial charge < -0.3 is 14.7 Å². The zero-order valence-corrected chi connectivity index (χ0v) is 14.1. The summed E-state index contributed by atoms with van der Waals surface area (Å²) in [6.45, 7) is 3.13.